The number of alkyl carbamates (subject to hydrolysis) is 1. The minimum atomic E-state index is -1.27. The van der Waals surface area contributed by atoms with Crippen molar-refractivity contribution < 1.29 is 24.2 Å². The van der Waals surface area contributed by atoms with Gasteiger partial charge >= 0.3 is 6.09 Å². The maximum Gasteiger partial charge on any atom is 0.408 e. The first kappa shape index (κ1) is 28.0. The molecule has 3 amide bonds. The standard InChI is InChI=1S/C25H37N3O5/c1-8-11-17(4)26-22(30)21(19-14-12-18(9-2)13-15-19)28(10-3)23(31)20(16-29)27-24(32)33-25(5,6)7/h2,12-15,17,20-21,29H,8,10-11,16H2,1,3-7H3,(H,26,30)(H,27,32). The van der Waals surface area contributed by atoms with E-state index in [1.807, 2.05) is 13.8 Å². The summed E-state index contributed by atoms with van der Waals surface area (Å²) in [5.74, 6) is 1.57. The normalized spacial score (nSPS) is 13.8. The Hall–Kier alpha value is -3.05. The first-order chi connectivity index (χ1) is 15.5. The fraction of sp³-hybridized carbons (Fsp3) is 0.560. The summed E-state index contributed by atoms with van der Waals surface area (Å²) in [6.45, 7) is 10.3. The van der Waals surface area contributed by atoms with E-state index in [-0.39, 0.29) is 18.5 Å². The Bertz CT molecular complexity index is 839. The summed E-state index contributed by atoms with van der Waals surface area (Å²) >= 11 is 0. The zero-order valence-electron chi connectivity index (χ0n) is 20.5. The van der Waals surface area contributed by atoms with E-state index >= 15 is 0 Å². The van der Waals surface area contributed by atoms with Gasteiger partial charge in [0.05, 0.1) is 6.61 Å². The molecule has 0 radical (unpaired) electrons. The molecule has 0 bridgehead atoms. The number of aliphatic hydroxyl groups excluding tert-OH is 1. The van der Waals surface area contributed by atoms with Gasteiger partial charge in [0, 0.05) is 18.2 Å². The highest BCUT2D eigenvalue weighted by Crippen LogP contribution is 2.23. The summed E-state index contributed by atoms with van der Waals surface area (Å²) < 4.78 is 5.20. The van der Waals surface area contributed by atoms with Crippen molar-refractivity contribution in [2.24, 2.45) is 0 Å². The number of likely N-dealkylation sites (N-methyl/N-ethyl adjacent to an activating group) is 1. The van der Waals surface area contributed by atoms with Crippen molar-refractivity contribution in [3.8, 4) is 12.3 Å². The molecule has 8 nitrogen and oxygen atoms in total. The average molecular weight is 460 g/mol. The largest absolute Gasteiger partial charge is 0.444 e. The number of rotatable bonds is 10. The van der Waals surface area contributed by atoms with Crippen LogP contribution in [0.3, 0.4) is 0 Å². The molecule has 0 heterocycles. The Morgan fingerprint density at radius 1 is 1.15 bits per heavy atom. The molecule has 0 aromatic heterocycles. The molecule has 0 aliphatic rings. The second-order valence-electron chi connectivity index (χ2n) is 8.87. The van der Waals surface area contributed by atoms with Crippen LogP contribution in [0.15, 0.2) is 24.3 Å². The summed E-state index contributed by atoms with van der Waals surface area (Å²) in [6, 6.07) is 4.48. The molecule has 3 unspecified atom stereocenters. The minimum Gasteiger partial charge on any atom is -0.444 e. The SMILES string of the molecule is C#Cc1ccc(C(C(=O)NC(C)CCC)N(CC)C(=O)C(CO)NC(=O)OC(C)(C)C)cc1. The Balaban J connectivity index is 3.27. The van der Waals surface area contributed by atoms with Crippen molar-refractivity contribution >= 4 is 17.9 Å². The Morgan fingerprint density at radius 3 is 2.21 bits per heavy atom. The maximum absolute atomic E-state index is 13.3. The molecule has 1 aromatic rings. The Labute approximate surface area is 197 Å². The number of aliphatic hydroxyl groups is 1. The molecule has 33 heavy (non-hydrogen) atoms. The summed E-state index contributed by atoms with van der Waals surface area (Å²) in [4.78, 5) is 40.2. The quantitative estimate of drug-likeness (QED) is 0.466. The van der Waals surface area contributed by atoms with Gasteiger partial charge in [0.25, 0.3) is 0 Å². The molecule has 0 fully saturated rings. The molecule has 1 aromatic carbocycles. The van der Waals surface area contributed by atoms with Crippen LogP contribution in [0.25, 0.3) is 0 Å². The van der Waals surface area contributed by atoms with Gasteiger partial charge in [0.15, 0.2) is 0 Å². The van der Waals surface area contributed by atoms with Crippen LogP contribution in [0.2, 0.25) is 0 Å². The van der Waals surface area contributed by atoms with Crippen molar-refractivity contribution in [1.82, 2.24) is 15.5 Å². The van der Waals surface area contributed by atoms with E-state index in [9.17, 15) is 19.5 Å². The molecular weight excluding hydrogens is 422 g/mol. The highest BCUT2D eigenvalue weighted by atomic mass is 16.6. The Morgan fingerprint density at radius 2 is 1.76 bits per heavy atom. The second-order valence-corrected chi connectivity index (χ2v) is 8.87. The number of nitrogens with zero attached hydrogens (tertiary/aromatic N) is 1. The van der Waals surface area contributed by atoms with Gasteiger partial charge in [-0.15, -0.1) is 6.42 Å². The van der Waals surface area contributed by atoms with Crippen LogP contribution in [0, 0.1) is 12.3 Å². The summed E-state index contributed by atoms with van der Waals surface area (Å²) in [5.41, 5.74) is 0.444. The monoisotopic (exact) mass is 459 g/mol. The van der Waals surface area contributed by atoms with E-state index in [1.165, 1.54) is 4.90 Å². The lowest BCUT2D eigenvalue weighted by Crippen LogP contribution is -2.54. The molecule has 1 rings (SSSR count). The van der Waals surface area contributed by atoms with Crippen LogP contribution in [0.1, 0.15) is 71.6 Å². The topological polar surface area (TPSA) is 108 Å². The van der Waals surface area contributed by atoms with E-state index < -0.39 is 36.3 Å². The van der Waals surface area contributed by atoms with Crippen molar-refractivity contribution in [2.45, 2.75) is 78.1 Å². The number of hydrogen-bond donors (Lipinski definition) is 3. The lowest BCUT2D eigenvalue weighted by molar-refractivity contribution is -0.143. The lowest BCUT2D eigenvalue weighted by atomic mass is 10.0. The summed E-state index contributed by atoms with van der Waals surface area (Å²) in [6.07, 6.45) is 6.29. The van der Waals surface area contributed by atoms with E-state index in [0.717, 1.165) is 12.8 Å². The molecule has 182 valence electrons. The van der Waals surface area contributed by atoms with Gasteiger partial charge in [-0.05, 0) is 58.7 Å². The molecular formula is C25H37N3O5. The number of hydrogen-bond acceptors (Lipinski definition) is 5. The first-order valence-electron chi connectivity index (χ1n) is 11.2. The molecule has 3 atom stereocenters. The molecule has 0 saturated heterocycles. The van der Waals surface area contributed by atoms with E-state index in [0.29, 0.717) is 11.1 Å². The molecule has 3 N–H and O–H groups in total. The first-order valence-corrected chi connectivity index (χ1v) is 11.2. The average Bonchev–Trinajstić information content (AvgIpc) is 2.74. The van der Waals surface area contributed by atoms with Gasteiger partial charge in [-0.25, -0.2) is 4.79 Å². The van der Waals surface area contributed by atoms with Gasteiger partial charge in [-0.2, -0.15) is 0 Å². The van der Waals surface area contributed by atoms with Crippen LogP contribution >= 0.6 is 0 Å². The van der Waals surface area contributed by atoms with Crippen LogP contribution in [-0.4, -0.2) is 58.8 Å². The van der Waals surface area contributed by atoms with Crippen LogP contribution < -0.4 is 10.6 Å². The Kier molecular flexibility index (Phi) is 10.9. The smallest absolute Gasteiger partial charge is 0.408 e. The van der Waals surface area contributed by atoms with Gasteiger partial charge in [-0.3, -0.25) is 9.59 Å². The van der Waals surface area contributed by atoms with Crippen LogP contribution in [-0.2, 0) is 14.3 Å². The zero-order chi connectivity index (χ0) is 25.2. The maximum atomic E-state index is 13.3. The van der Waals surface area contributed by atoms with Crippen molar-refractivity contribution in [3.63, 3.8) is 0 Å². The van der Waals surface area contributed by atoms with Crippen molar-refractivity contribution in [3.05, 3.63) is 35.4 Å². The highest BCUT2D eigenvalue weighted by Gasteiger charge is 2.35. The van der Waals surface area contributed by atoms with E-state index in [4.69, 9.17) is 11.2 Å². The third-order valence-corrected chi connectivity index (χ3v) is 4.86. The molecule has 0 spiro atoms. The summed E-state index contributed by atoms with van der Waals surface area (Å²) in [5, 5.41) is 15.2. The number of carbonyl (C=O) groups is 3. The van der Waals surface area contributed by atoms with Crippen molar-refractivity contribution in [2.75, 3.05) is 13.2 Å². The van der Waals surface area contributed by atoms with E-state index in [2.05, 4.69) is 16.6 Å². The molecule has 0 aliphatic heterocycles. The highest BCUT2D eigenvalue weighted by molar-refractivity contribution is 5.92. The summed E-state index contributed by atoms with van der Waals surface area (Å²) in [7, 11) is 0. The van der Waals surface area contributed by atoms with Gasteiger partial charge in [0.1, 0.15) is 17.7 Å². The number of carbonyl (C=O) groups excluding carboxylic acids is 3. The lowest BCUT2D eigenvalue weighted by Gasteiger charge is -2.34. The van der Waals surface area contributed by atoms with Crippen LogP contribution in [0.5, 0.6) is 0 Å². The van der Waals surface area contributed by atoms with Crippen LogP contribution in [0.4, 0.5) is 4.79 Å². The minimum absolute atomic E-state index is 0.0858. The molecule has 0 aliphatic carbocycles. The number of terminal acetylenes is 1. The number of nitrogens with one attached hydrogen (secondary N) is 2. The fourth-order valence-corrected chi connectivity index (χ4v) is 3.36. The molecule has 8 heteroatoms. The van der Waals surface area contributed by atoms with Gasteiger partial charge in [-0.1, -0.05) is 31.4 Å². The number of amides is 3. The van der Waals surface area contributed by atoms with E-state index in [1.54, 1.807) is 52.0 Å². The second kappa shape index (κ2) is 12.9. The number of benzene rings is 1. The van der Waals surface area contributed by atoms with Gasteiger partial charge < -0.3 is 25.4 Å². The van der Waals surface area contributed by atoms with Crippen molar-refractivity contribution in [1.29, 1.82) is 0 Å². The third-order valence-electron chi connectivity index (χ3n) is 4.86. The third kappa shape index (κ3) is 8.78. The fourth-order valence-electron chi connectivity index (χ4n) is 3.36. The molecule has 0 saturated carbocycles. The number of ether oxygens (including phenoxy) is 1. The zero-order valence-corrected chi connectivity index (χ0v) is 20.5. The predicted molar refractivity (Wildman–Crippen MR) is 127 cm³/mol. The predicted octanol–water partition coefficient (Wildman–Crippen LogP) is 2.75. The van der Waals surface area contributed by atoms with Gasteiger partial charge in [0.2, 0.25) is 11.8 Å².